The summed E-state index contributed by atoms with van der Waals surface area (Å²) in [6.45, 7) is 2.75. The van der Waals surface area contributed by atoms with Crippen LogP contribution in [0.4, 0.5) is 0 Å². The number of carbonyl (C=O) groups is 1. The van der Waals surface area contributed by atoms with Crippen LogP contribution >= 0.6 is 11.8 Å². The normalized spacial score (nSPS) is 15.2. The van der Waals surface area contributed by atoms with Crippen LogP contribution in [0.15, 0.2) is 88.9 Å². The van der Waals surface area contributed by atoms with E-state index in [1.807, 2.05) is 48.5 Å². The molecule has 0 saturated carbocycles. The second kappa shape index (κ2) is 9.72. The van der Waals surface area contributed by atoms with Crippen molar-refractivity contribution in [3.05, 3.63) is 90.1 Å². The fourth-order valence-electron chi connectivity index (χ4n) is 3.72. The lowest BCUT2D eigenvalue weighted by Gasteiger charge is -2.28. The van der Waals surface area contributed by atoms with Gasteiger partial charge in [0.1, 0.15) is 5.03 Å². The molecule has 2 aromatic carbocycles. The first kappa shape index (κ1) is 19.7. The summed E-state index contributed by atoms with van der Waals surface area (Å²) < 4.78 is 0. The number of hydrogen-bond donors (Lipinski definition) is 1. The van der Waals surface area contributed by atoms with E-state index in [1.165, 1.54) is 30.2 Å². The molecule has 1 amide bonds. The maximum Gasteiger partial charge on any atom is 0.254 e. The van der Waals surface area contributed by atoms with Gasteiger partial charge in [0.05, 0.1) is 11.6 Å². The molecule has 1 aromatic heterocycles. The van der Waals surface area contributed by atoms with Crippen LogP contribution in [-0.4, -0.2) is 35.4 Å². The molecular formula is C24H25N3OS. The number of nitrogens with one attached hydrogen (secondary N) is 1. The Morgan fingerprint density at radius 1 is 0.966 bits per heavy atom. The molecule has 4 nitrogen and oxygen atoms in total. The molecule has 4 rings (SSSR count). The van der Waals surface area contributed by atoms with Crippen molar-refractivity contribution < 1.29 is 4.79 Å². The molecule has 1 atom stereocenters. The van der Waals surface area contributed by atoms with Crippen LogP contribution in [0.25, 0.3) is 0 Å². The second-order valence-electron chi connectivity index (χ2n) is 7.15. The summed E-state index contributed by atoms with van der Waals surface area (Å²) in [7, 11) is 0. The Morgan fingerprint density at radius 3 is 2.38 bits per heavy atom. The smallest absolute Gasteiger partial charge is 0.254 e. The molecule has 2 heterocycles. The van der Waals surface area contributed by atoms with Crippen molar-refractivity contribution in [2.75, 3.05) is 19.6 Å². The van der Waals surface area contributed by atoms with Crippen LogP contribution in [0.1, 0.15) is 34.8 Å². The largest absolute Gasteiger partial charge is 0.350 e. The predicted octanol–water partition coefficient (Wildman–Crippen LogP) is 4.80. The van der Waals surface area contributed by atoms with Crippen molar-refractivity contribution in [3.8, 4) is 0 Å². The van der Waals surface area contributed by atoms with Crippen molar-refractivity contribution in [2.24, 2.45) is 0 Å². The van der Waals surface area contributed by atoms with Gasteiger partial charge in [0, 0.05) is 17.6 Å². The zero-order chi connectivity index (χ0) is 19.9. The third kappa shape index (κ3) is 5.05. The molecule has 0 radical (unpaired) electrons. The van der Waals surface area contributed by atoms with Crippen molar-refractivity contribution in [1.82, 2.24) is 15.2 Å². The van der Waals surface area contributed by atoms with Crippen LogP contribution in [0.2, 0.25) is 0 Å². The monoisotopic (exact) mass is 403 g/mol. The number of pyridine rings is 1. The lowest BCUT2D eigenvalue weighted by atomic mass is 10.1. The maximum absolute atomic E-state index is 13.0. The van der Waals surface area contributed by atoms with Crippen LogP contribution in [0.3, 0.4) is 0 Å². The van der Waals surface area contributed by atoms with Crippen LogP contribution in [-0.2, 0) is 0 Å². The number of likely N-dealkylation sites (tertiary alicyclic amines) is 1. The van der Waals surface area contributed by atoms with Gasteiger partial charge in [-0.2, -0.15) is 0 Å². The topological polar surface area (TPSA) is 45.2 Å². The quantitative estimate of drug-likeness (QED) is 0.615. The number of benzene rings is 2. The Hall–Kier alpha value is -2.63. The number of amides is 1. The fraction of sp³-hybridized carbons (Fsp3) is 0.250. The molecule has 3 aromatic rings. The van der Waals surface area contributed by atoms with Crippen LogP contribution in [0.5, 0.6) is 0 Å². The highest BCUT2D eigenvalue weighted by molar-refractivity contribution is 7.99. The number of carbonyl (C=O) groups excluding carboxylic acids is 1. The molecule has 148 valence electrons. The standard InChI is InChI=1S/C24H25N3OS/c28-23(21-14-9-15-25-24(21)29-20-12-5-2-6-13-20)26-18-22(27-16-7-8-17-27)19-10-3-1-4-11-19/h1-6,9-15,22H,7-8,16-18H2,(H,26,28)/t22-/m1/s1. The Labute approximate surface area is 176 Å². The van der Waals surface area contributed by atoms with Gasteiger partial charge in [0.25, 0.3) is 5.91 Å². The van der Waals surface area contributed by atoms with Gasteiger partial charge < -0.3 is 5.32 Å². The third-order valence-corrected chi connectivity index (χ3v) is 6.22. The van der Waals surface area contributed by atoms with E-state index in [0.29, 0.717) is 12.1 Å². The average molecular weight is 404 g/mol. The molecule has 0 spiro atoms. The first-order chi connectivity index (χ1) is 14.3. The zero-order valence-corrected chi connectivity index (χ0v) is 17.1. The highest BCUT2D eigenvalue weighted by Gasteiger charge is 2.24. The molecule has 1 aliphatic rings. The van der Waals surface area contributed by atoms with E-state index in [1.54, 1.807) is 6.20 Å². The fourth-order valence-corrected chi connectivity index (χ4v) is 4.62. The molecule has 1 N–H and O–H groups in total. The highest BCUT2D eigenvalue weighted by Crippen LogP contribution is 2.29. The minimum Gasteiger partial charge on any atom is -0.350 e. The van der Waals surface area contributed by atoms with E-state index in [2.05, 4.69) is 39.5 Å². The van der Waals surface area contributed by atoms with E-state index in [9.17, 15) is 4.79 Å². The van der Waals surface area contributed by atoms with Crippen molar-refractivity contribution in [2.45, 2.75) is 28.8 Å². The molecule has 1 saturated heterocycles. The number of nitrogens with zero attached hydrogens (tertiary/aromatic N) is 2. The molecule has 0 unspecified atom stereocenters. The van der Waals surface area contributed by atoms with Gasteiger partial charge >= 0.3 is 0 Å². The van der Waals surface area contributed by atoms with E-state index in [4.69, 9.17) is 0 Å². The number of hydrogen-bond acceptors (Lipinski definition) is 4. The third-order valence-electron chi connectivity index (χ3n) is 5.20. The van der Waals surface area contributed by atoms with Crippen LogP contribution < -0.4 is 5.32 Å². The van der Waals surface area contributed by atoms with Crippen LogP contribution in [0, 0.1) is 0 Å². The Kier molecular flexibility index (Phi) is 6.60. The summed E-state index contributed by atoms with van der Waals surface area (Å²) >= 11 is 1.52. The van der Waals surface area contributed by atoms with Gasteiger partial charge in [0.2, 0.25) is 0 Å². The minimum absolute atomic E-state index is 0.0725. The molecule has 0 aliphatic carbocycles. The zero-order valence-electron chi connectivity index (χ0n) is 16.3. The van der Waals surface area contributed by atoms with E-state index < -0.39 is 0 Å². The summed E-state index contributed by atoms with van der Waals surface area (Å²) in [6.07, 6.45) is 4.18. The van der Waals surface area contributed by atoms with Gasteiger partial charge in [-0.3, -0.25) is 9.69 Å². The molecule has 29 heavy (non-hydrogen) atoms. The maximum atomic E-state index is 13.0. The molecule has 0 bridgehead atoms. The lowest BCUT2D eigenvalue weighted by Crippen LogP contribution is -2.37. The van der Waals surface area contributed by atoms with E-state index >= 15 is 0 Å². The summed E-state index contributed by atoms with van der Waals surface area (Å²) in [5.74, 6) is -0.0725. The van der Waals surface area contributed by atoms with Crippen molar-refractivity contribution in [3.63, 3.8) is 0 Å². The Bertz CT molecular complexity index is 927. The lowest BCUT2D eigenvalue weighted by molar-refractivity contribution is 0.0934. The van der Waals surface area contributed by atoms with Gasteiger partial charge in [-0.15, -0.1) is 0 Å². The first-order valence-corrected chi connectivity index (χ1v) is 10.9. The molecule has 1 aliphatic heterocycles. The highest BCUT2D eigenvalue weighted by atomic mass is 32.2. The summed E-state index contributed by atoms with van der Waals surface area (Å²) in [5, 5.41) is 3.90. The summed E-state index contributed by atoms with van der Waals surface area (Å²) in [5.41, 5.74) is 1.87. The average Bonchev–Trinajstić information content (AvgIpc) is 3.30. The summed E-state index contributed by atoms with van der Waals surface area (Å²) in [6, 6.07) is 24.3. The van der Waals surface area contributed by atoms with Gasteiger partial charge in [-0.1, -0.05) is 60.3 Å². The number of aromatic nitrogens is 1. The minimum atomic E-state index is -0.0725. The molecule has 5 heteroatoms. The van der Waals surface area contributed by atoms with Crippen molar-refractivity contribution >= 4 is 17.7 Å². The van der Waals surface area contributed by atoms with E-state index in [0.717, 1.165) is 23.0 Å². The Balaban J connectivity index is 1.48. The summed E-state index contributed by atoms with van der Waals surface area (Å²) in [4.78, 5) is 21.0. The first-order valence-electron chi connectivity index (χ1n) is 10.1. The van der Waals surface area contributed by atoms with Gasteiger partial charge in [0.15, 0.2) is 0 Å². The van der Waals surface area contributed by atoms with E-state index in [-0.39, 0.29) is 11.9 Å². The molecular weight excluding hydrogens is 378 g/mol. The van der Waals surface area contributed by atoms with Crippen molar-refractivity contribution in [1.29, 1.82) is 0 Å². The SMILES string of the molecule is O=C(NC[C@H](c1ccccc1)N1CCCC1)c1cccnc1Sc1ccccc1. The molecule has 1 fully saturated rings. The van der Waals surface area contributed by atoms with Gasteiger partial charge in [-0.25, -0.2) is 4.98 Å². The second-order valence-corrected chi connectivity index (χ2v) is 8.21. The predicted molar refractivity (Wildman–Crippen MR) is 117 cm³/mol. The van der Waals surface area contributed by atoms with Gasteiger partial charge in [-0.05, 0) is 55.8 Å². The number of rotatable bonds is 7. The Morgan fingerprint density at radius 2 is 1.66 bits per heavy atom.